The quantitative estimate of drug-likeness (QED) is 0.793. The van der Waals surface area contributed by atoms with E-state index in [9.17, 15) is 4.39 Å². The second kappa shape index (κ2) is 3.59. The van der Waals surface area contributed by atoms with Gasteiger partial charge in [-0.05, 0) is 12.1 Å². The van der Waals surface area contributed by atoms with Gasteiger partial charge < -0.3 is 9.63 Å². The summed E-state index contributed by atoms with van der Waals surface area (Å²) in [7, 11) is 0. The van der Waals surface area contributed by atoms with Crippen LogP contribution in [0.3, 0.4) is 0 Å². The molecule has 0 radical (unpaired) electrons. The van der Waals surface area contributed by atoms with Crippen LogP contribution in [0.25, 0.3) is 11.3 Å². The summed E-state index contributed by atoms with van der Waals surface area (Å²) < 4.78 is 18.1. The molecule has 0 amide bonds. The summed E-state index contributed by atoms with van der Waals surface area (Å²) in [5, 5.41) is 12.3. The molecular formula is C10H8FNO2. The molecule has 2 rings (SSSR count). The predicted molar refractivity (Wildman–Crippen MR) is 47.8 cm³/mol. The molecule has 4 heteroatoms. The van der Waals surface area contributed by atoms with E-state index in [4.69, 9.17) is 9.63 Å². The second-order valence-corrected chi connectivity index (χ2v) is 2.82. The van der Waals surface area contributed by atoms with Crippen molar-refractivity contribution in [3.05, 3.63) is 41.8 Å². The maximum Gasteiger partial charge on any atom is 0.170 e. The average Bonchev–Trinajstić information content (AvgIpc) is 2.67. The van der Waals surface area contributed by atoms with Gasteiger partial charge in [-0.1, -0.05) is 17.3 Å². The van der Waals surface area contributed by atoms with Gasteiger partial charge in [-0.3, -0.25) is 0 Å². The van der Waals surface area contributed by atoms with Crippen molar-refractivity contribution in [1.82, 2.24) is 5.16 Å². The lowest BCUT2D eigenvalue weighted by Gasteiger charge is -1.95. The van der Waals surface area contributed by atoms with E-state index in [1.165, 1.54) is 12.1 Å². The Hall–Kier alpha value is -1.68. The number of benzene rings is 1. The molecular weight excluding hydrogens is 185 g/mol. The third-order valence-electron chi connectivity index (χ3n) is 1.86. The van der Waals surface area contributed by atoms with E-state index in [2.05, 4.69) is 5.16 Å². The van der Waals surface area contributed by atoms with E-state index in [-0.39, 0.29) is 12.4 Å². The van der Waals surface area contributed by atoms with Crippen molar-refractivity contribution in [2.75, 3.05) is 0 Å². The topological polar surface area (TPSA) is 46.3 Å². The van der Waals surface area contributed by atoms with E-state index >= 15 is 0 Å². The molecule has 0 atom stereocenters. The van der Waals surface area contributed by atoms with Crippen molar-refractivity contribution in [2.45, 2.75) is 6.61 Å². The first kappa shape index (κ1) is 8.90. The van der Waals surface area contributed by atoms with Gasteiger partial charge in [0.05, 0.1) is 12.2 Å². The lowest BCUT2D eigenvalue weighted by molar-refractivity contribution is 0.267. The molecule has 0 saturated heterocycles. The number of aromatic nitrogens is 1. The zero-order chi connectivity index (χ0) is 9.97. The molecule has 0 fully saturated rings. The van der Waals surface area contributed by atoms with Crippen LogP contribution in [0.15, 0.2) is 34.9 Å². The summed E-state index contributed by atoms with van der Waals surface area (Å²) >= 11 is 0. The van der Waals surface area contributed by atoms with E-state index in [1.54, 1.807) is 18.2 Å². The maximum atomic E-state index is 13.2. The van der Waals surface area contributed by atoms with Crippen LogP contribution in [0, 0.1) is 5.82 Å². The van der Waals surface area contributed by atoms with Crippen molar-refractivity contribution in [3.63, 3.8) is 0 Å². The third kappa shape index (κ3) is 1.52. The number of nitrogens with zero attached hydrogens (tertiary/aromatic N) is 1. The van der Waals surface area contributed by atoms with Crippen LogP contribution >= 0.6 is 0 Å². The van der Waals surface area contributed by atoms with Gasteiger partial charge in [0.2, 0.25) is 0 Å². The highest BCUT2D eigenvalue weighted by molar-refractivity contribution is 5.57. The fourth-order valence-corrected chi connectivity index (χ4v) is 1.17. The monoisotopic (exact) mass is 193 g/mol. The van der Waals surface area contributed by atoms with Gasteiger partial charge in [-0.2, -0.15) is 0 Å². The predicted octanol–water partition coefficient (Wildman–Crippen LogP) is 1.97. The van der Waals surface area contributed by atoms with Crippen LogP contribution in [0.2, 0.25) is 0 Å². The first-order chi connectivity index (χ1) is 6.81. The number of hydrogen-bond acceptors (Lipinski definition) is 3. The van der Waals surface area contributed by atoms with Crippen LogP contribution in [-0.2, 0) is 6.61 Å². The fraction of sp³-hybridized carbons (Fsp3) is 0.100. The summed E-state index contributed by atoms with van der Waals surface area (Å²) in [6.07, 6.45) is 0. The standard InChI is InChI=1S/C10H8FNO2/c11-9-4-2-1-3-8(9)10-5-7(6-13)12-14-10/h1-5,13H,6H2. The van der Waals surface area contributed by atoms with Crippen molar-refractivity contribution in [1.29, 1.82) is 0 Å². The Labute approximate surface area is 79.8 Å². The van der Waals surface area contributed by atoms with Gasteiger partial charge in [-0.25, -0.2) is 4.39 Å². The van der Waals surface area contributed by atoms with Crippen LogP contribution in [0.4, 0.5) is 4.39 Å². The van der Waals surface area contributed by atoms with Crippen LogP contribution < -0.4 is 0 Å². The van der Waals surface area contributed by atoms with Crippen LogP contribution in [0.1, 0.15) is 5.69 Å². The molecule has 1 aromatic carbocycles. The Morgan fingerprint density at radius 2 is 2.14 bits per heavy atom. The molecule has 72 valence electrons. The summed E-state index contributed by atoms with van der Waals surface area (Å²) in [6.45, 7) is -0.210. The smallest absolute Gasteiger partial charge is 0.170 e. The minimum absolute atomic E-state index is 0.210. The molecule has 1 N–H and O–H groups in total. The molecule has 2 aromatic rings. The number of aliphatic hydroxyl groups is 1. The highest BCUT2D eigenvalue weighted by atomic mass is 19.1. The van der Waals surface area contributed by atoms with E-state index in [0.29, 0.717) is 17.0 Å². The molecule has 14 heavy (non-hydrogen) atoms. The number of rotatable bonds is 2. The Kier molecular flexibility index (Phi) is 2.28. The molecule has 0 aliphatic carbocycles. The van der Waals surface area contributed by atoms with Gasteiger partial charge in [0.1, 0.15) is 11.5 Å². The fourth-order valence-electron chi connectivity index (χ4n) is 1.17. The minimum Gasteiger partial charge on any atom is -0.390 e. The Morgan fingerprint density at radius 1 is 1.36 bits per heavy atom. The first-order valence-electron chi connectivity index (χ1n) is 4.12. The number of hydrogen-bond donors (Lipinski definition) is 1. The van der Waals surface area contributed by atoms with Crippen LogP contribution in [0.5, 0.6) is 0 Å². The summed E-state index contributed by atoms with van der Waals surface area (Å²) in [5.41, 5.74) is 0.739. The Bertz CT molecular complexity index is 439. The van der Waals surface area contributed by atoms with Gasteiger partial charge in [0, 0.05) is 6.07 Å². The highest BCUT2D eigenvalue weighted by Gasteiger charge is 2.09. The molecule has 0 bridgehead atoms. The molecule has 0 unspecified atom stereocenters. The van der Waals surface area contributed by atoms with Crippen molar-refractivity contribution in [2.24, 2.45) is 0 Å². The second-order valence-electron chi connectivity index (χ2n) is 2.82. The molecule has 0 aliphatic heterocycles. The molecule has 0 saturated carbocycles. The Balaban J connectivity index is 2.44. The highest BCUT2D eigenvalue weighted by Crippen LogP contribution is 2.22. The number of halogens is 1. The molecule has 0 spiro atoms. The zero-order valence-electron chi connectivity index (χ0n) is 7.27. The summed E-state index contributed by atoms with van der Waals surface area (Å²) in [4.78, 5) is 0. The Morgan fingerprint density at radius 3 is 2.79 bits per heavy atom. The molecule has 1 aromatic heterocycles. The number of aliphatic hydroxyl groups excluding tert-OH is 1. The molecule has 3 nitrogen and oxygen atoms in total. The van der Waals surface area contributed by atoms with Gasteiger partial charge >= 0.3 is 0 Å². The van der Waals surface area contributed by atoms with Crippen molar-refractivity contribution >= 4 is 0 Å². The lowest BCUT2D eigenvalue weighted by Crippen LogP contribution is -1.80. The average molecular weight is 193 g/mol. The first-order valence-corrected chi connectivity index (χ1v) is 4.12. The third-order valence-corrected chi connectivity index (χ3v) is 1.86. The summed E-state index contributed by atoms with van der Waals surface area (Å²) in [6, 6.07) is 7.76. The van der Waals surface area contributed by atoms with Gasteiger partial charge in [-0.15, -0.1) is 0 Å². The van der Waals surface area contributed by atoms with E-state index in [1.807, 2.05) is 0 Å². The summed E-state index contributed by atoms with van der Waals surface area (Å²) in [5.74, 6) is -0.0414. The van der Waals surface area contributed by atoms with E-state index < -0.39 is 0 Å². The van der Waals surface area contributed by atoms with Crippen molar-refractivity contribution < 1.29 is 14.0 Å². The normalized spacial score (nSPS) is 10.4. The van der Waals surface area contributed by atoms with Crippen LogP contribution in [-0.4, -0.2) is 10.3 Å². The van der Waals surface area contributed by atoms with Crippen molar-refractivity contribution in [3.8, 4) is 11.3 Å². The minimum atomic E-state index is -0.367. The molecule has 0 aliphatic rings. The zero-order valence-corrected chi connectivity index (χ0v) is 7.27. The largest absolute Gasteiger partial charge is 0.390 e. The van der Waals surface area contributed by atoms with E-state index in [0.717, 1.165) is 0 Å². The SMILES string of the molecule is OCc1cc(-c2ccccc2F)on1. The maximum absolute atomic E-state index is 13.2. The van der Waals surface area contributed by atoms with Gasteiger partial charge in [0.15, 0.2) is 5.76 Å². The lowest BCUT2D eigenvalue weighted by atomic mass is 10.1. The van der Waals surface area contributed by atoms with Gasteiger partial charge in [0.25, 0.3) is 0 Å². The molecule has 1 heterocycles.